The molecule has 4 saturated heterocycles. The smallest absolute Gasteiger partial charge is 0.352 e. The van der Waals surface area contributed by atoms with Crippen molar-refractivity contribution in [3.63, 3.8) is 0 Å². The van der Waals surface area contributed by atoms with Crippen LogP contribution in [0.4, 0.5) is 0 Å². The molecule has 6 aliphatic rings. The van der Waals surface area contributed by atoms with Gasteiger partial charge in [0.2, 0.25) is 5.91 Å². The summed E-state index contributed by atoms with van der Waals surface area (Å²) in [6, 6.07) is 6.32. The molecule has 4 unspecified atom stereocenters. The number of aromatic nitrogens is 1. The second kappa shape index (κ2) is 10.3. The molecule has 12 heteroatoms. The Morgan fingerprint density at radius 2 is 1.88 bits per heavy atom. The number of primary amides is 1. The number of carboxylic acid groups (broad SMARTS) is 1. The lowest BCUT2D eigenvalue weighted by Gasteiger charge is -2.55. The van der Waals surface area contributed by atoms with Crippen molar-refractivity contribution in [2.45, 2.75) is 54.3 Å². The second-order valence-corrected chi connectivity index (χ2v) is 15.6. The summed E-state index contributed by atoms with van der Waals surface area (Å²) in [5, 5.41) is 20.3. The number of hydrogen-bond donors (Lipinski definition) is 3. The van der Waals surface area contributed by atoms with Crippen LogP contribution in [0, 0.1) is 11.8 Å². The van der Waals surface area contributed by atoms with E-state index in [-0.39, 0.29) is 34.7 Å². The van der Waals surface area contributed by atoms with Gasteiger partial charge in [0.05, 0.1) is 34.8 Å². The molecular formula is C30H39N5O5S2+2. The molecule has 6 heterocycles. The molecule has 0 spiro atoms. The Morgan fingerprint density at radius 3 is 2.55 bits per heavy atom. The third-order valence-corrected chi connectivity index (χ3v) is 13.2. The number of hydrogen-bond acceptors (Lipinski definition) is 7. The Balaban J connectivity index is 1.06. The van der Waals surface area contributed by atoms with E-state index >= 15 is 0 Å². The van der Waals surface area contributed by atoms with Gasteiger partial charge < -0.3 is 29.8 Å². The average Bonchev–Trinajstić information content (AvgIpc) is 3.49. The highest BCUT2D eigenvalue weighted by Crippen LogP contribution is 2.55. The van der Waals surface area contributed by atoms with Crippen LogP contribution in [0.15, 0.2) is 33.8 Å². The summed E-state index contributed by atoms with van der Waals surface area (Å²) in [6.07, 6.45) is 2.85. The fourth-order valence-electron chi connectivity index (χ4n) is 8.45. The van der Waals surface area contributed by atoms with Gasteiger partial charge in [-0.05, 0) is 43.0 Å². The molecule has 224 valence electrons. The van der Waals surface area contributed by atoms with Gasteiger partial charge in [-0.3, -0.25) is 9.59 Å². The number of carboxylic acids is 1. The summed E-state index contributed by atoms with van der Waals surface area (Å²) in [7, 11) is 0. The minimum atomic E-state index is -1.05. The molecule has 10 nitrogen and oxygen atoms in total. The third-order valence-electron chi connectivity index (χ3n) is 10.8. The predicted octanol–water partition coefficient (Wildman–Crippen LogP) is 1.81. The van der Waals surface area contributed by atoms with E-state index in [1.54, 1.807) is 30.0 Å². The first-order valence-corrected chi connectivity index (χ1v) is 16.8. The Morgan fingerprint density at radius 1 is 1.17 bits per heavy atom. The van der Waals surface area contributed by atoms with Crippen molar-refractivity contribution in [1.29, 1.82) is 0 Å². The number of nitrogens with two attached hydrogens (primary N) is 1. The summed E-state index contributed by atoms with van der Waals surface area (Å²) in [5.41, 5.74) is 8.79. The molecule has 4 N–H and O–H groups in total. The Hall–Kier alpha value is -2.51. The van der Waals surface area contributed by atoms with Crippen molar-refractivity contribution in [1.82, 2.24) is 9.88 Å². The number of benzene rings is 1. The van der Waals surface area contributed by atoms with E-state index in [1.165, 1.54) is 10.5 Å². The van der Waals surface area contributed by atoms with E-state index in [0.29, 0.717) is 6.54 Å². The second-order valence-electron chi connectivity index (χ2n) is 13.1. The molecule has 42 heavy (non-hydrogen) atoms. The van der Waals surface area contributed by atoms with Gasteiger partial charge in [-0.25, -0.2) is 9.78 Å². The van der Waals surface area contributed by atoms with Crippen LogP contribution in [0.3, 0.4) is 0 Å². The van der Waals surface area contributed by atoms with Crippen molar-refractivity contribution in [2.24, 2.45) is 17.6 Å². The van der Waals surface area contributed by atoms with Crippen LogP contribution in [0.2, 0.25) is 0 Å². The van der Waals surface area contributed by atoms with E-state index < -0.39 is 18.0 Å². The van der Waals surface area contributed by atoms with E-state index in [4.69, 9.17) is 10.7 Å². The van der Waals surface area contributed by atoms with E-state index in [0.717, 1.165) is 101 Å². The number of rotatable bonds is 9. The number of quaternary nitrogens is 2. The fraction of sp³-hybridized carbons (Fsp3) is 0.600. The number of carbonyl (C=O) groups excluding carboxylic acids is 2. The van der Waals surface area contributed by atoms with E-state index in [1.807, 2.05) is 0 Å². The van der Waals surface area contributed by atoms with Gasteiger partial charge in [-0.2, -0.15) is 0 Å². The van der Waals surface area contributed by atoms with Gasteiger partial charge in [-0.1, -0.05) is 24.2 Å². The summed E-state index contributed by atoms with van der Waals surface area (Å²) in [4.78, 5) is 43.2. The quantitative estimate of drug-likeness (QED) is 0.290. The van der Waals surface area contributed by atoms with Gasteiger partial charge in [0.1, 0.15) is 45.0 Å². The molecule has 5 atom stereocenters. The third kappa shape index (κ3) is 4.57. The number of nitrogens with zero attached hydrogens (tertiary/aromatic N) is 4. The summed E-state index contributed by atoms with van der Waals surface area (Å²) >= 11 is 3.28. The lowest BCUT2D eigenvalue weighted by Crippen LogP contribution is -2.76. The van der Waals surface area contributed by atoms with Crippen LogP contribution in [0.1, 0.15) is 31.7 Å². The lowest BCUT2D eigenvalue weighted by atomic mass is 9.72. The zero-order chi connectivity index (χ0) is 29.4. The lowest BCUT2D eigenvalue weighted by molar-refractivity contribution is -1.08. The first-order valence-electron chi connectivity index (χ1n) is 15.1. The van der Waals surface area contributed by atoms with Gasteiger partial charge in [-0.15, -0.1) is 11.3 Å². The minimum absolute atomic E-state index is 0.0162. The highest BCUT2D eigenvalue weighted by Gasteiger charge is 2.62. The summed E-state index contributed by atoms with van der Waals surface area (Å²) in [6.45, 7) is 9.59. The van der Waals surface area contributed by atoms with Gasteiger partial charge in [0.15, 0.2) is 10.9 Å². The Labute approximate surface area is 253 Å². The first kappa shape index (κ1) is 28.3. The van der Waals surface area contributed by atoms with Crippen LogP contribution in [-0.4, -0.2) is 117 Å². The largest absolute Gasteiger partial charge is 0.477 e. The molecule has 2 aromatic rings. The van der Waals surface area contributed by atoms with Crippen LogP contribution in [0.25, 0.3) is 10.2 Å². The Kier molecular flexibility index (Phi) is 6.93. The van der Waals surface area contributed by atoms with Crippen molar-refractivity contribution in [3.8, 4) is 0 Å². The number of carbonyl (C=O) groups is 3. The molecule has 8 rings (SSSR count). The minimum Gasteiger partial charge on any atom is -0.477 e. The molecule has 5 fully saturated rings. The number of thiazole rings is 1. The van der Waals surface area contributed by atoms with Crippen molar-refractivity contribution < 1.29 is 33.6 Å². The Bertz CT molecular complexity index is 1480. The number of amides is 2. The maximum atomic E-state index is 12.8. The standard InChI is InChI=1S/C30H37N5O5S2/c1-17(36)24-26-19-3-2-4-22(25(19)27(29(39)40)33(26)28(24)38)42-30-32-20-15-18(5-6-21(20)41-30)7-8-34-9-12-35(13-10-34,14-11-34)16-23(31)37/h5-6,15,17,19,22,24,26,36H,2-4,7-14,16H2,1H3,(H-2,31,37,39,40)/p+2/t17?,19-,22?,24?,26?,34?,35?/m0/s1. The van der Waals surface area contributed by atoms with Crippen LogP contribution < -0.4 is 5.73 Å². The summed E-state index contributed by atoms with van der Waals surface area (Å²) in [5.74, 6) is -2.06. The van der Waals surface area contributed by atoms with Gasteiger partial charge >= 0.3 is 5.97 Å². The van der Waals surface area contributed by atoms with Crippen LogP contribution in [-0.2, 0) is 20.8 Å². The molecule has 2 bridgehead atoms. The number of fused-ring (bicyclic) bond motifs is 7. The van der Waals surface area contributed by atoms with E-state index in [2.05, 4.69) is 18.2 Å². The number of aliphatic hydroxyl groups excluding tert-OH is 1. The molecule has 1 aromatic carbocycles. The maximum Gasteiger partial charge on any atom is 0.352 e. The number of thioether (sulfide) groups is 1. The molecule has 1 saturated carbocycles. The van der Waals surface area contributed by atoms with Crippen molar-refractivity contribution in [3.05, 3.63) is 35.0 Å². The van der Waals surface area contributed by atoms with Gasteiger partial charge in [0, 0.05) is 17.6 Å². The monoisotopic (exact) mass is 613 g/mol. The number of aliphatic hydroxyl groups is 1. The number of aliphatic carboxylic acids is 1. The average molecular weight is 614 g/mol. The molecular weight excluding hydrogens is 574 g/mol. The van der Waals surface area contributed by atoms with Crippen LogP contribution >= 0.6 is 23.1 Å². The zero-order valence-electron chi connectivity index (χ0n) is 23.9. The predicted molar refractivity (Wildman–Crippen MR) is 159 cm³/mol. The van der Waals surface area contributed by atoms with Gasteiger partial charge in [0.25, 0.3) is 5.91 Å². The zero-order valence-corrected chi connectivity index (χ0v) is 25.5. The SMILES string of the molecule is CC(O)C1C(=O)N2C(C(=O)O)=C3C(Sc4nc5cc(CC[N+]67CC[N+](CC(N)=O)(CC6)CC7)ccc5s4)CCC[C@@H]3C12. The highest BCUT2D eigenvalue weighted by molar-refractivity contribution is 8.01. The van der Waals surface area contributed by atoms with Crippen LogP contribution in [0.5, 0.6) is 0 Å². The van der Waals surface area contributed by atoms with Crippen molar-refractivity contribution >= 4 is 51.1 Å². The van der Waals surface area contributed by atoms with Crippen molar-refractivity contribution in [2.75, 3.05) is 52.4 Å². The molecule has 1 aliphatic carbocycles. The normalized spacial score (nSPS) is 34.3. The molecule has 2 amide bonds. The summed E-state index contributed by atoms with van der Waals surface area (Å²) < 4.78 is 4.03. The highest BCUT2D eigenvalue weighted by atomic mass is 32.2. The number of piperazine rings is 3. The fourth-order valence-corrected chi connectivity index (χ4v) is 11.0. The maximum absolute atomic E-state index is 12.8. The molecule has 5 aliphatic heterocycles. The first-order chi connectivity index (χ1) is 20.1. The number of β-lactam (4-membered cyclic amide) rings is 1. The topological polar surface area (TPSA) is 134 Å². The molecule has 0 radical (unpaired) electrons. The molecule has 1 aromatic heterocycles. The van der Waals surface area contributed by atoms with E-state index in [9.17, 15) is 24.6 Å².